The van der Waals surface area contributed by atoms with Crippen molar-refractivity contribution in [3.8, 4) is 11.5 Å². The molecule has 5 atom stereocenters. The zero-order valence-electron chi connectivity index (χ0n) is 28.1. The van der Waals surface area contributed by atoms with Gasteiger partial charge < -0.3 is 34.5 Å². The number of nitrogens with zero attached hydrogens (tertiary/aromatic N) is 3. The zero-order valence-corrected chi connectivity index (χ0v) is 28.1. The number of aromatic nitrogens is 4. The summed E-state index contributed by atoms with van der Waals surface area (Å²) in [7, 11) is 4.78. The van der Waals surface area contributed by atoms with Gasteiger partial charge in [0.05, 0.1) is 26.7 Å². The van der Waals surface area contributed by atoms with E-state index in [1.807, 2.05) is 78.9 Å². The number of methoxy groups -OCH3 is 3. The SMILES string of the molecule is CCCCCC(OC(c1ccccc1)(c1ccc(OC)cc1)c1ccc(OC)cc1)[C@H]1O[C@@H](n2cnc3c(=O)[nH]c(N)nc32)[C@H](OC)[C@@H]1O. The predicted molar refractivity (Wildman–Crippen MR) is 185 cm³/mol. The summed E-state index contributed by atoms with van der Waals surface area (Å²) in [5.41, 5.74) is 7.20. The lowest BCUT2D eigenvalue weighted by Crippen LogP contribution is -2.46. The van der Waals surface area contributed by atoms with Crippen LogP contribution in [0.3, 0.4) is 0 Å². The van der Waals surface area contributed by atoms with E-state index in [1.54, 1.807) is 18.8 Å². The number of aromatic amines is 1. The third kappa shape index (κ3) is 6.52. The van der Waals surface area contributed by atoms with Gasteiger partial charge >= 0.3 is 0 Å². The van der Waals surface area contributed by atoms with Crippen LogP contribution in [0.5, 0.6) is 11.5 Å². The number of benzene rings is 3. The molecule has 12 nitrogen and oxygen atoms in total. The van der Waals surface area contributed by atoms with E-state index in [4.69, 9.17) is 29.4 Å². The van der Waals surface area contributed by atoms with Crippen molar-refractivity contribution < 1.29 is 28.8 Å². The maximum absolute atomic E-state index is 12.6. The predicted octanol–water partition coefficient (Wildman–Crippen LogP) is 4.95. The monoisotopic (exact) mass is 669 g/mol. The van der Waals surface area contributed by atoms with E-state index in [-0.39, 0.29) is 17.1 Å². The fourth-order valence-corrected chi connectivity index (χ4v) is 6.73. The number of hydrogen-bond donors (Lipinski definition) is 3. The Kier molecular flexibility index (Phi) is 10.3. The van der Waals surface area contributed by atoms with Crippen LogP contribution in [0.2, 0.25) is 0 Å². The van der Waals surface area contributed by atoms with Gasteiger partial charge in [0, 0.05) is 7.11 Å². The maximum atomic E-state index is 12.6. The molecule has 3 heterocycles. The van der Waals surface area contributed by atoms with Gasteiger partial charge in [-0.3, -0.25) is 14.3 Å². The molecule has 0 radical (unpaired) electrons. The van der Waals surface area contributed by atoms with Crippen molar-refractivity contribution in [1.29, 1.82) is 0 Å². The quantitative estimate of drug-likeness (QED) is 0.109. The molecular weight excluding hydrogens is 626 g/mol. The maximum Gasteiger partial charge on any atom is 0.280 e. The Balaban J connectivity index is 1.49. The third-order valence-electron chi connectivity index (χ3n) is 9.21. The Morgan fingerprint density at radius 3 is 2.12 bits per heavy atom. The number of anilines is 1. The topological polar surface area (TPSA) is 156 Å². The van der Waals surface area contributed by atoms with Crippen molar-refractivity contribution in [3.05, 3.63) is 112 Å². The Morgan fingerprint density at radius 2 is 1.55 bits per heavy atom. The van der Waals surface area contributed by atoms with Gasteiger partial charge in [0.2, 0.25) is 5.95 Å². The van der Waals surface area contributed by atoms with Crippen LogP contribution in [0.25, 0.3) is 11.2 Å². The Labute approximate surface area is 284 Å². The molecule has 12 heteroatoms. The molecule has 1 saturated heterocycles. The number of fused-ring (bicyclic) bond motifs is 1. The van der Waals surface area contributed by atoms with Crippen molar-refractivity contribution in [3.63, 3.8) is 0 Å². The summed E-state index contributed by atoms with van der Waals surface area (Å²) < 4.78 is 32.7. The van der Waals surface area contributed by atoms with E-state index in [9.17, 15) is 9.90 Å². The summed E-state index contributed by atoms with van der Waals surface area (Å²) in [6.07, 6.45) is 0.502. The number of ether oxygens (including phenoxy) is 5. The van der Waals surface area contributed by atoms with Gasteiger partial charge in [-0.1, -0.05) is 80.8 Å². The number of nitrogen functional groups attached to an aromatic ring is 1. The van der Waals surface area contributed by atoms with Crippen LogP contribution in [0.4, 0.5) is 5.95 Å². The smallest absolute Gasteiger partial charge is 0.280 e. The number of nitrogens with one attached hydrogen (secondary N) is 1. The second-order valence-corrected chi connectivity index (χ2v) is 12.1. The molecule has 1 unspecified atom stereocenters. The van der Waals surface area contributed by atoms with Gasteiger partial charge in [0.1, 0.15) is 35.4 Å². The number of aliphatic hydroxyl groups excluding tert-OH is 1. The van der Waals surface area contributed by atoms with Crippen molar-refractivity contribution >= 4 is 17.1 Å². The molecule has 6 rings (SSSR count). The standard InChI is InChI=1S/C37H43N5O7/c1-5-6-8-13-28(31-30(43)32(47-4)35(48-31)42-22-39-29-33(42)40-36(38)41-34(29)44)49-37(23-11-9-7-10-12-23,24-14-18-26(45-2)19-15-24)25-16-20-27(46-3)21-17-25/h7,9-12,14-22,28,30-32,35,43H,5-6,8,13H2,1-4H3,(H3,38,40,41,44)/t28?,30-,31-,32-,35-/m1/s1. The summed E-state index contributed by atoms with van der Waals surface area (Å²) in [6, 6.07) is 25.6. The molecule has 258 valence electrons. The summed E-state index contributed by atoms with van der Waals surface area (Å²) in [6.45, 7) is 2.14. The molecule has 0 aliphatic carbocycles. The van der Waals surface area contributed by atoms with Gasteiger partial charge in [-0.05, 0) is 47.4 Å². The summed E-state index contributed by atoms with van der Waals surface area (Å²) in [5.74, 6) is 1.36. The minimum absolute atomic E-state index is 0.0595. The minimum atomic E-state index is -1.15. The van der Waals surface area contributed by atoms with Crippen molar-refractivity contribution in [2.24, 2.45) is 0 Å². The minimum Gasteiger partial charge on any atom is -0.497 e. The summed E-state index contributed by atoms with van der Waals surface area (Å²) in [5, 5.41) is 12.0. The third-order valence-corrected chi connectivity index (χ3v) is 9.21. The summed E-state index contributed by atoms with van der Waals surface area (Å²) >= 11 is 0. The Morgan fingerprint density at radius 1 is 0.939 bits per heavy atom. The average molecular weight is 670 g/mol. The van der Waals surface area contributed by atoms with E-state index < -0.39 is 41.8 Å². The van der Waals surface area contributed by atoms with Crippen LogP contribution in [0.15, 0.2) is 90.0 Å². The van der Waals surface area contributed by atoms with Gasteiger partial charge in [0.25, 0.3) is 5.56 Å². The van der Waals surface area contributed by atoms with Crippen LogP contribution >= 0.6 is 0 Å². The normalized spacial score (nSPS) is 20.0. The van der Waals surface area contributed by atoms with E-state index in [2.05, 4.69) is 21.9 Å². The van der Waals surface area contributed by atoms with Crippen LogP contribution in [-0.4, -0.2) is 70.4 Å². The van der Waals surface area contributed by atoms with Crippen LogP contribution in [-0.2, 0) is 19.8 Å². The molecule has 0 spiro atoms. The second kappa shape index (κ2) is 14.8. The van der Waals surface area contributed by atoms with Crippen molar-refractivity contribution in [1.82, 2.24) is 19.5 Å². The molecule has 49 heavy (non-hydrogen) atoms. The van der Waals surface area contributed by atoms with Crippen LogP contribution < -0.4 is 20.8 Å². The first-order valence-electron chi connectivity index (χ1n) is 16.5. The van der Waals surface area contributed by atoms with Crippen molar-refractivity contribution in [2.75, 3.05) is 27.1 Å². The number of hydrogen-bond acceptors (Lipinski definition) is 10. The van der Waals surface area contributed by atoms with Gasteiger partial charge in [-0.15, -0.1) is 0 Å². The Bertz CT molecular complexity index is 1830. The fraction of sp³-hybridized carbons (Fsp3) is 0.378. The van der Waals surface area contributed by atoms with Gasteiger partial charge in [-0.25, -0.2) is 4.98 Å². The molecule has 2 aromatic heterocycles. The van der Waals surface area contributed by atoms with Crippen LogP contribution in [0, 0.1) is 0 Å². The first-order valence-corrected chi connectivity index (χ1v) is 16.5. The molecular formula is C37H43N5O7. The number of H-pyrrole nitrogens is 1. The van der Waals surface area contributed by atoms with E-state index in [0.29, 0.717) is 17.9 Å². The number of nitrogens with two attached hydrogens (primary N) is 1. The average Bonchev–Trinajstić information content (AvgIpc) is 3.70. The molecule has 1 fully saturated rings. The molecule has 5 aromatic rings. The molecule has 4 N–H and O–H groups in total. The van der Waals surface area contributed by atoms with Gasteiger partial charge in [-0.2, -0.15) is 4.98 Å². The highest BCUT2D eigenvalue weighted by Crippen LogP contribution is 2.45. The number of imidazole rings is 1. The Hall–Kier alpha value is -4.75. The van der Waals surface area contributed by atoms with E-state index in [0.717, 1.165) is 36.0 Å². The number of rotatable bonds is 14. The largest absolute Gasteiger partial charge is 0.497 e. The highest BCUT2D eigenvalue weighted by molar-refractivity contribution is 5.70. The van der Waals surface area contributed by atoms with Crippen molar-refractivity contribution in [2.45, 2.75) is 68.9 Å². The lowest BCUT2D eigenvalue weighted by Gasteiger charge is -2.41. The van der Waals surface area contributed by atoms with E-state index in [1.165, 1.54) is 13.4 Å². The van der Waals surface area contributed by atoms with E-state index >= 15 is 0 Å². The number of unbranched alkanes of at least 4 members (excludes halogenated alkanes) is 2. The first kappa shape index (κ1) is 34.1. The lowest BCUT2D eigenvalue weighted by atomic mass is 9.79. The second-order valence-electron chi connectivity index (χ2n) is 12.1. The van der Waals surface area contributed by atoms with Crippen LogP contribution in [0.1, 0.15) is 55.5 Å². The zero-order chi connectivity index (χ0) is 34.5. The highest BCUT2D eigenvalue weighted by atomic mass is 16.6. The molecule has 0 amide bonds. The molecule has 1 aliphatic heterocycles. The van der Waals surface area contributed by atoms with Gasteiger partial charge in [0.15, 0.2) is 17.4 Å². The fourth-order valence-electron chi connectivity index (χ4n) is 6.73. The molecule has 0 bridgehead atoms. The number of aliphatic hydroxyl groups is 1. The first-order chi connectivity index (χ1) is 23.8. The lowest BCUT2D eigenvalue weighted by molar-refractivity contribution is -0.146. The summed E-state index contributed by atoms with van der Waals surface area (Å²) in [4.78, 5) is 23.7. The molecule has 3 aromatic carbocycles. The highest BCUT2D eigenvalue weighted by Gasteiger charge is 2.51. The molecule has 1 aliphatic rings. The molecule has 0 saturated carbocycles.